The molecule has 1 heterocycles. The van der Waals surface area contributed by atoms with E-state index in [2.05, 4.69) is 17.1 Å². The molecule has 0 aliphatic carbocycles. The van der Waals surface area contributed by atoms with Crippen LogP contribution in [0, 0.1) is 0 Å². The van der Waals surface area contributed by atoms with Crippen molar-refractivity contribution < 1.29 is 9.53 Å². The van der Waals surface area contributed by atoms with Crippen LogP contribution in [0.1, 0.15) is 37.0 Å². The summed E-state index contributed by atoms with van der Waals surface area (Å²) in [6.07, 6.45) is 2.49. The van der Waals surface area contributed by atoms with Gasteiger partial charge in [0.15, 0.2) is 0 Å². The molecule has 0 saturated carbocycles. The zero-order chi connectivity index (χ0) is 15.2. The molecule has 0 radical (unpaired) electrons. The van der Waals surface area contributed by atoms with Crippen LogP contribution in [0.25, 0.3) is 0 Å². The zero-order valence-corrected chi connectivity index (χ0v) is 12.9. The summed E-state index contributed by atoms with van der Waals surface area (Å²) in [4.78, 5) is 14.1. The first-order valence-electron chi connectivity index (χ1n) is 7.70. The number of likely N-dealkylation sites (tertiary alicyclic amines) is 1. The number of ether oxygens (including phenoxy) is 1. The van der Waals surface area contributed by atoms with Gasteiger partial charge in [-0.3, -0.25) is 4.90 Å². The van der Waals surface area contributed by atoms with Crippen molar-refractivity contribution in [3.8, 4) is 0 Å². The van der Waals surface area contributed by atoms with Gasteiger partial charge >= 0.3 is 5.97 Å². The molecule has 1 aliphatic rings. The molecule has 5 nitrogen and oxygen atoms in total. The average Bonchev–Trinajstić information content (AvgIpc) is 2.93. The molecule has 0 aromatic heterocycles. The van der Waals surface area contributed by atoms with Crippen LogP contribution < -0.4 is 11.1 Å². The quantitative estimate of drug-likeness (QED) is 0.622. The molecule has 1 aromatic rings. The summed E-state index contributed by atoms with van der Waals surface area (Å²) in [5, 5.41) is 3.40. The van der Waals surface area contributed by atoms with Crippen molar-refractivity contribution in [2.75, 3.05) is 37.3 Å². The molecule has 1 fully saturated rings. The minimum Gasteiger partial charge on any atom is -0.462 e. The first-order valence-corrected chi connectivity index (χ1v) is 7.70. The van der Waals surface area contributed by atoms with E-state index in [4.69, 9.17) is 10.5 Å². The van der Waals surface area contributed by atoms with E-state index in [1.165, 1.54) is 19.4 Å². The molecular formula is C16H25N3O2. The van der Waals surface area contributed by atoms with Crippen LogP contribution in [0.5, 0.6) is 0 Å². The highest BCUT2D eigenvalue weighted by Crippen LogP contribution is 2.22. The smallest absolute Gasteiger partial charge is 0.338 e. The highest BCUT2D eigenvalue weighted by atomic mass is 16.5. The van der Waals surface area contributed by atoms with Gasteiger partial charge in [-0.05, 0) is 51.1 Å². The van der Waals surface area contributed by atoms with Gasteiger partial charge < -0.3 is 15.8 Å². The first-order chi connectivity index (χ1) is 10.2. The monoisotopic (exact) mass is 291 g/mol. The molecule has 1 unspecified atom stereocenters. The number of nitrogen functional groups attached to an aromatic ring is 1. The number of nitrogens with one attached hydrogen (secondary N) is 1. The van der Waals surface area contributed by atoms with Crippen molar-refractivity contribution in [1.82, 2.24) is 4.90 Å². The number of nitrogens with two attached hydrogens (primary N) is 1. The number of hydrogen-bond donors (Lipinski definition) is 2. The van der Waals surface area contributed by atoms with Crippen LogP contribution in [-0.4, -0.2) is 43.2 Å². The Bertz CT molecular complexity index is 490. The lowest BCUT2D eigenvalue weighted by Gasteiger charge is -2.23. The van der Waals surface area contributed by atoms with Crippen LogP contribution >= 0.6 is 0 Å². The van der Waals surface area contributed by atoms with Crippen LogP contribution in [0.15, 0.2) is 18.2 Å². The van der Waals surface area contributed by atoms with Crippen molar-refractivity contribution in [2.24, 2.45) is 0 Å². The molecule has 2 rings (SSSR count). The topological polar surface area (TPSA) is 67.6 Å². The van der Waals surface area contributed by atoms with E-state index >= 15 is 0 Å². The van der Waals surface area contributed by atoms with Gasteiger partial charge in [0.05, 0.1) is 23.5 Å². The Hall–Kier alpha value is -1.75. The predicted molar refractivity (Wildman–Crippen MR) is 85.6 cm³/mol. The third-order valence-corrected chi connectivity index (χ3v) is 4.00. The molecule has 5 heteroatoms. The summed E-state index contributed by atoms with van der Waals surface area (Å²) >= 11 is 0. The van der Waals surface area contributed by atoms with Crippen molar-refractivity contribution in [1.29, 1.82) is 0 Å². The van der Waals surface area contributed by atoms with E-state index < -0.39 is 0 Å². The summed E-state index contributed by atoms with van der Waals surface area (Å²) in [6, 6.07) is 5.85. The molecule has 3 N–H and O–H groups in total. The van der Waals surface area contributed by atoms with E-state index in [0.717, 1.165) is 18.8 Å². The van der Waals surface area contributed by atoms with E-state index in [-0.39, 0.29) is 5.97 Å². The third-order valence-electron chi connectivity index (χ3n) is 4.00. The van der Waals surface area contributed by atoms with E-state index in [1.54, 1.807) is 19.1 Å². The lowest BCUT2D eigenvalue weighted by molar-refractivity contribution is 0.0526. The highest BCUT2D eigenvalue weighted by molar-refractivity contribution is 5.91. The normalized spacial score (nSPS) is 18.7. The molecule has 1 saturated heterocycles. The largest absolute Gasteiger partial charge is 0.462 e. The summed E-state index contributed by atoms with van der Waals surface area (Å²) in [7, 11) is 0. The second kappa shape index (κ2) is 7.31. The standard InChI is InChI=1S/C16H25N3O2/c1-3-19-9-5-6-13(19)11-18-15-8-7-12(10-14(15)17)16(20)21-4-2/h7-8,10,13,18H,3-6,9,11,17H2,1-2H3. The number of hydrogen-bond acceptors (Lipinski definition) is 5. The number of carbonyl (C=O) groups is 1. The molecular weight excluding hydrogens is 266 g/mol. The molecule has 116 valence electrons. The van der Waals surface area contributed by atoms with Gasteiger partial charge in [0.25, 0.3) is 0 Å². The third kappa shape index (κ3) is 3.88. The fraction of sp³-hybridized carbons (Fsp3) is 0.562. The van der Waals surface area contributed by atoms with Crippen LogP contribution in [0.4, 0.5) is 11.4 Å². The van der Waals surface area contributed by atoms with Gasteiger partial charge in [-0.1, -0.05) is 6.92 Å². The van der Waals surface area contributed by atoms with Gasteiger partial charge in [0.1, 0.15) is 0 Å². The Morgan fingerprint density at radius 1 is 1.48 bits per heavy atom. The first kappa shape index (κ1) is 15.6. The van der Waals surface area contributed by atoms with Crippen molar-refractivity contribution in [2.45, 2.75) is 32.7 Å². The summed E-state index contributed by atoms with van der Waals surface area (Å²) < 4.78 is 4.97. The Morgan fingerprint density at radius 2 is 2.29 bits per heavy atom. The maximum absolute atomic E-state index is 11.7. The Kier molecular flexibility index (Phi) is 5.44. The number of anilines is 2. The lowest BCUT2D eigenvalue weighted by atomic mass is 10.1. The molecule has 21 heavy (non-hydrogen) atoms. The fourth-order valence-corrected chi connectivity index (χ4v) is 2.84. The van der Waals surface area contributed by atoms with Gasteiger partial charge in [-0.2, -0.15) is 0 Å². The maximum atomic E-state index is 11.7. The molecule has 1 aliphatic heterocycles. The van der Waals surface area contributed by atoms with Gasteiger partial charge in [0, 0.05) is 12.6 Å². The molecule has 0 spiro atoms. The van der Waals surface area contributed by atoms with Crippen molar-refractivity contribution >= 4 is 17.3 Å². The molecule has 0 bridgehead atoms. The van der Waals surface area contributed by atoms with E-state index in [0.29, 0.717) is 23.9 Å². The number of likely N-dealkylation sites (N-methyl/N-ethyl adjacent to an activating group) is 1. The number of rotatable bonds is 6. The van der Waals surface area contributed by atoms with E-state index in [9.17, 15) is 4.79 Å². The number of benzene rings is 1. The minimum absolute atomic E-state index is 0.330. The summed E-state index contributed by atoms with van der Waals surface area (Å²) in [5.41, 5.74) is 7.98. The second-order valence-electron chi connectivity index (χ2n) is 5.33. The summed E-state index contributed by atoms with van der Waals surface area (Å²) in [5.74, 6) is -0.330. The van der Waals surface area contributed by atoms with Gasteiger partial charge in [-0.15, -0.1) is 0 Å². The number of esters is 1. The van der Waals surface area contributed by atoms with Crippen LogP contribution in [0.2, 0.25) is 0 Å². The van der Waals surface area contributed by atoms with Crippen molar-refractivity contribution in [3.63, 3.8) is 0 Å². The minimum atomic E-state index is -0.330. The number of nitrogens with zero attached hydrogens (tertiary/aromatic N) is 1. The fourth-order valence-electron chi connectivity index (χ4n) is 2.84. The van der Waals surface area contributed by atoms with Gasteiger partial charge in [0.2, 0.25) is 0 Å². The maximum Gasteiger partial charge on any atom is 0.338 e. The molecule has 1 aromatic carbocycles. The SMILES string of the molecule is CCOC(=O)c1ccc(NCC2CCCN2CC)c(N)c1. The Balaban J connectivity index is 1.96. The Morgan fingerprint density at radius 3 is 2.95 bits per heavy atom. The lowest BCUT2D eigenvalue weighted by Crippen LogP contribution is -2.34. The predicted octanol–water partition coefficient (Wildman–Crippen LogP) is 2.34. The van der Waals surface area contributed by atoms with E-state index in [1.807, 2.05) is 6.07 Å². The zero-order valence-electron chi connectivity index (χ0n) is 12.9. The highest BCUT2D eigenvalue weighted by Gasteiger charge is 2.22. The van der Waals surface area contributed by atoms with Gasteiger partial charge in [-0.25, -0.2) is 4.79 Å². The van der Waals surface area contributed by atoms with Crippen molar-refractivity contribution in [3.05, 3.63) is 23.8 Å². The molecule has 1 atom stereocenters. The average molecular weight is 291 g/mol. The summed E-state index contributed by atoms with van der Waals surface area (Å²) in [6.45, 7) is 7.51. The number of carbonyl (C=O) groups excluding carboxylic acids is 1. The second-order valence-corrected chi connectivity index (χ2v) is 5.33. The molecule has 0 amide bonds. The van der Waals surface area contributed by atoms with Crippen LogP contribution in [-0.2, 0) is 4.74 Å². The van der Waals surface area contributed by atoms with Crippen LogP contribution in [0.3, 0.4) is 0 Å². The Labute approximate surface area is 126 Å².